The number of ketones is 1. The van der Waals surface area contributed by atoms with Crippen molar-refractivity contribution >= 4 is 41.5 Å². The summed E-state index contributed by atoms with van der Waals surface area (Å²) >= 11 is -2.54. The van der Waals surface area contributed by atoms with Gasteiger partial charge in [0, 0.05) is 0 Å². The van der Waals surface area contributed by atoms with Gasteiger partial charge in [0.15, 0.2) is 0 Å². The summed E-state index contributed by atoms with van der Waals surface area (Å²) in [4.78, 5) is 10.4. The average Bonchev–Trinajstić information content (AvgIpc) is 1.58. The number of halogens is 2. The standard InChI is InChI=1S/C5H8O2.2ClH.Sn/c1-4(6)3-5(2)7;;;/h3,6H,1-2H3;2*1H;/q;;;+3/p-3/b4-3-;;;. The summed E-state index contributed by atoms with van der Waals surface area (Å²) in [6.45, 7) is 3.10. The summed E-state index contributed by atoms with van der Waals surface area (Å²) in [6.07, 6.45) is 1.37. The Morgan fingerprint density at radius 1 is 1.50 bits per heavy atom. The molecule has 0 aliphatic rings. The predicted molar refractivity (Wildman–Crippen MR) is 43.0 cm³/mol. The van der Waals surface area contributed by atoms with E-state index in [1.807, 2.05) is 0 Å². The van der Waals surface area contributed by atoms with E-state index in [-0.39, 0.29) is 5.78 Å². The molecule has 0 heterocycles. The van der Waals surface area contributed by atoms with E-state index in [4.69, 9.17) is 20.9 Å². The molecule has 0 aromatic rings. The Hall–Kier alpha value is 0.589. The molecule has 0 saturated heterocycles. The Morgan fingerprint density at radius 2 is 2.00 bits per heavy atom. The molecular weight excluding hydrogens is 282 g/mol. The van der Waals surface area contributed by atoms with Crippen LogP contribution in [0.1, 0.15) is 13.8 Å². The van der Waals surface area contributed by atoms with Crippen molar-refractivity contribution in [2.24, 2.45) is 0 Å². The molecule has 0 aromatic heterocycles. The van der Waals surface area contributed by atoms with E-state index in [0.717, 1.165) is 0 Å². The van der Waals surface area contributed by atoms with Gasteiger partial charge in [-0.3, -0.25) is 0 Å². The van der Waals surface area contributed by atoms with Gasteiger partial charge in [0.05, 0.1) is 0 Å². The predicted octanol–water partition coefficient (Wildman–Crippen LogP) is 1.96. The molecule has 0 atom stereocenters. The van der Waals surface area contributed by atoms with Crippen LogP contribution in [0.5, 0.6) is 0 Å². The molecule has 0 spiro atoms. The number of rotatable bonds is 3. The van der Waals surface area contributed by atoms with Gasteiger partial charge < -0.3 is 0 Å². The van der Waals surface area contributed by atoms with E-state index >= 15 is 0 Å². The maximum atomic E-state index is 10.4. The molecule has 0 bridgehead atoms. The Morgan fingerprint density at radius 3 is 2.30 bits per heavy atom. The van der Waals surface area contributed by atoms with Gasteiger partial charge in [-0.2, -0.15) is 0 Å². The number of hydrogen-bond acceptors (Lipinski definition) is 2. The molecule has 57 valence electrons. The summed E-state index contributed by atoms with van der Waals surface area (Å²) < 4.78 is 4.93. The van der Waals surface area contributed by atoms with Crippen LogP contribution in [0.4, 0.5) is 0 Å². The zero-order valence-corrected chi connectivity index (χ0v) is 10.0. The van der Waals surface area contributed by atoms with Crippen molar-refractivity contribution in [1.29, 1.82) is 0 Å². The number of carbonyl (C=O) groups excluding carboxylic acids is 1. The van der Waals surface area contributed by atoms with Crippen LogP contribution >= 0.6 is 17.8 Å². The van der Waals surface area contributed by atoms with Crippen LogP contribution in [-0.2, 0) is 7.87 Å². The first-order valence-corrected chi connectivity index (χ1v) is 11.0. The van der Waals surface area contributed by atoms with Crippen molar-refractivity contribution in [3.8, 4) is 0 Å². The fourth-order valence-corrected chi connectivity index (χ4v) is 2.93. The van der Waals surface area contributed by atoms with Crippen LogP contribution in [0.15, 0.2) is 11.8 Å². The summed E-state index contributed by atoms with van der Waals surface area (Å²) in [5, 5.41) is 0. The van der Waals surface area contributed by atoms with Gasteiger partial charge in [-0.15, -0.1) is 0 Å². The molecule has 0 rings (SSSR count). The van der Waals surface area contributed by atoms with Crippen LogP contribution < -0.4 is 0 Å². The third kappa shape index (κ3) is 6.71. The van der Waals surface area contributed by atoms with Crippen molar-refractivity contribution in [2.75, 3.05) is 0 Å². The fourth-order valence-electron chi connectivity index (χ4n) is 0.437. The third-order valence-corrected chi connectivity index (χ3v) is 3.04. The number of hydrogen-bond donors (Lipinski definition) is 0. The molecule has 0 saturated carbocycles. The van der Waals surface area contributed by atoms with E-state index < -0.39 is 17.9 Å². The van der Waals surface area contributed by atoms with Gasteiger partial charge in [-0.1, -0.05) is 0 Å². The van der Waals surface area contributed by atoms with Crippen LogP contribution in [0, 0.1) is 0 Å². The summed E-state index contributed by atoms with van der Waals surface area (Å²) in [5.41, 5.74) is 0. The van der Waals surface area contributed by atoms with Crippen LogP contribution in [0.25, 0.3) is 0 Å². The molecule has 0 aliphatic carbocycles. The Balaban J connectivity index is 3.83. The molecule has 0 fully saturated rings. The molecule has 0 N–H and O–H groups in total. The molecular formula is C5H7Cl2O2Sn. The van der Waals surface area contributed by atoms with Crippen molar-refractivity contribution in [2.45, 2.75) is 13.8 Å². The zero-order valence-electron chi connectivity index (χ0n) is 5.65. The first-order valence-electron chi connectivity index (χ1n) is 2.57. The quantitative estimate of drug-likeness (QED) is 0.451. The van der Waals surface area contributed by atoms with E-state index in [9.17, 15) is 4.79 Å². The third-order valence-electron chi connectivity index (χ3n) is 0.645. The van der Waals surface area contributed by atoms with Crippen molar-refractivity contribution in [1.82, 2.24) is 0 Å². The van der Waals surface area contributed by atoms with E-state index in [0.29, 0.717) is 5.76 Å². The summed E-state index contributed by atoms with van der Waals surface area (Å²) in [5.74, 6) is 0.447. The SMILES string of the molecule is CC(=O)/C=C(/C)[O][Sn]([Cl])[Cl]. The van der Waals surface area contributed by atoms with Crippen molar-refractivity contribution < 1.29 is 7.87 Å². The molecule has 10 heavy (non-hydrogen) atoms. The minimum absolute atomic E-state index is 0.0598. The molecule has 1 radical (unpaired) electrons. The molecule has 2 nitrogen and oxygen atoms in total. The first kappa shape index (κ1) is 10.6. The van der Waals surface area contributed by atoms with Gasteiger partial charge in [0.25, 0.3) is 0 Å². The van der Waals surface area contributed by atoms with E-state index in [1.54, 1.807) is 6.92 Å². The average molecular weight is 289 g/mol. The Bertz CT molecular complexity index is 156. The monoisotopic (exact) mass is 289 g/mol. The second-order valence-corrected chi connectivity index (χ2v) is 9.47. The second-order valence-electron chi connectivity index (χ2n) is 1.69. The van der Waals surface area contributed by atoms with Gasteiger partial charge in [0.1, 0.15) is 0 Å². The minimum atomic E-state index is -2.54. The number of allylic oxidation sites excluding steroid dienone is 2. The topological polar surface area (TPSA) is 26.3 Å². The van der Waals surface area contributed by atoms with E-state index in [2.05, 4.69) is 0 Å². The van der Waals surface area contributed by atoms with Crippen LogP contribution in [0.3, 0.4) is 0 Å². The fraction of sp³-hybridized carbons (Fsp3) is 0.400. The molecule has 0 unspecified atom stereocenters. The van der Waals surface area contributed by atoms with Crippen molar-refractivity contribution in [3.63, 3.8) is 0 Å². The Labute approximate surface area is 74.9 Å². The van der Waals surface area contributed by atoms with Crippen LogP contribution in [-0.4, -0.2) is 23.7 Å². The first-order chi connectivity index (χ1) is 4.52. The molecule has 0 aliphatic heterocycles. The maximum absolute atomic E-state index is 10.4. The zero-order chi connectivity index (χ0) is 8.15. The molecule has 5 heteroatoms. The normalized spacial score (nSPS) is 11.9. The molecule has 0 amide bonds. The molecule has 0 aromatic carbocycles. The van der Waals surface area contributed by atoms with Gasteiger partial charge in [-0.25, -0.2) is 0 Å². The van der Waals surface area contributed by atoms with Gasteiger partial charge >= 0.3 is 75.1 Å². The van der Waals surface area contributed by atoms with E-state index in [1.165, 1.54) is 13.0 Å². The van der Waals surface area contributed by atoms with Gasteiger partial charge in [-0.05, 0) is 0 Å². The summed E-state index contributed by atoms with van der Waals surface area (Å²) in [7, 11) is 10.9. The van der Waals surface area contributed by atoms with Crippen molar-refractivity contribution in [3.05, 3.63) is 11.8 Å². The Kier molecular flexibility index (Phi) is 5.58. The van der Waals surface area contributed by atoms with Gasteiger partial charge in [0.2, 0.25) is 0 Å². The number of carbonyl (C=O) groups is 1. The van der Waals surface area contributed by atoms with Crippen LogP contribution in [0.2, 0.25) is 0 Å². The summed E-state index contributed by atoms with van der Waals surface area (Å²) in [6, 6.07) is 0. The second kappa shape index (κ2) is 5.27.